The van der Waals surface area contributed by atoms with Gasteiger partial charge in [0.25, 0.3) is 0 Å². The summed E-state index contributed by atoms with van der Waals surface area (Å²) >= 11 is 0. The molecule has 2 amide bonds. The van der Waals surface area contributed by atoms with Crippen molar-refractivity contribution in [2.45, 2.75) is 20.8 Å². The Morgan fingerprint density at radius 3 is 2.38 bits per heavy atom. The number of carbonyl (C=O) groups excluding carboxylic acids is 2. The standard InChI is InChI=1S/C18H20N2O4/c1-4-23-18(22)24-15-10-8-14(9-11-15)19-17(21)20-16-7-5-6-12(2)13(16)3/h5-11H,4H2,1-3H3,(H2,19,20,21). The van der Waals surface area contributed by atoms with Crippen molar-refractivity contribution >= 4 is 23.6 Å². The molecule has 0 aromatic heterocycles. The molecule has 0 atom stereocenters. The van der Waals surface area contributed by atoms with E-state index in [1.54, 1.807) is 31.2 Å². The smallest absolute Gasteiger partial charge is 0.434 e. The minimum atomic E-state index is -0.758. The number of rotatable bonds is 4. The largest absolute Gasteiger partial charge is 0.513 e. The summed E-state index contributed by atoms with van der Waals surface area (Å²) < 4.78 is 9.64. The van der Waals surface area contributed by atoms with Gasteiger partial charge in [0, 0.05) is 11.4 Å². The molecular weight excluding hydrogens is 308 g/mol. The SMILES string of the molecule is CCOC(=O)Oc1ccc(NC(=O)Nc2cccc(C)c2C)cc1. The highest BCUT2D eigenvalue weighted by molar-refractivity contribution is 6.00. The zero-order valence-electron chi connectivity index (χ0n) is 13.9. The van der Waals surface area contributed by atoms with Crippen molar-refractivity contribution in [2.24, 2.45) is 0 Å². The maximum atomic E-state index is 12.1. The van der Waals surface area contributed by atoms with Crippen LogP contribution >= 0.6 is 0 Å². The number of amides is 2. The highest BCUT2D eigenvalue weighted by Crippen LogP contribution is 2.19. The van der Waals surface area contributed by atoms with E-state index in [0.29, 0.717) is 11.4 Å². The van der Waals surface area contributed by atoms with Crippen molar-refractivity contribution in [3.8, 4) is 5.75 Å². The molecule has 6 nitrogen and oxygen atoms in total. The molecule has 2 aromatic carbocycles. The summed E-state index contributed by atoms with van der Waals surface area (Å²) in [6.07, 6.45) is -0.758. The van der Waals surface area contributed by atoms with Gasteiger partial charge in [-0.15, -0.1) is 0 Å². The van der Waals surface area contributed by atoms with Crippen LogP contribution in [-0.2, 0) is 4.74 Å². The minimum absolute atomic E-state index is 0.247. The van der Waals surface area contributed by atoms with Gasteiger partial charge in [-0.05, 0) is 62.2 Å². The fourth-order valence-corrected chi connectivity index (χ4v) is 2.02. The zero-order valence-corrected chi connectivity index (χ0v) is 13.9. The molecule has 0 unspecified atom stereocenters. The third-order valence-electron chi connectivity index (χ3n) is 3.43. The van der Waals surface area contributed by atoms with Crippen LogP contribution in [0, 0.1) is 13.8 Å². The molecule has 0 spiro atoms. The van der Waals surface area contributed by atoms with Crippen molar-refractivity contribution in [2.75, 3.05) is 17.2 Å². The van der Waals surface area contributed by atoms with Gasteiger partial charge >= 0.3 is 12.2 Å². The third kappa shape index (κ3) is 4.74. The van der Waals surface area contributed by atoms with Crippen LogP contribution < -0.4 is 15.4 Å². The first-order valence-corrected chi connectivity index (χ1v) is 7.58. The lowest BCUT2D eigenvalue weighted by Gasteiger charge is -2.11. The van der Waals surface area contributed by atoms with Crippen LogP contribution in [0.4, 0.5) is 21.0 Å². The maximum absolute atomic E-state index is 12.1. The fourth-order valence-electron chi connectivity index (χ4n) is 2.02. The molecule has 2 rings (SSSR count). The van der Waals surface area contributed by atoms with E-state index >= 15 is 0 Å². The van der Waals surface area contributed by atoms with E-state index in [-0.39, 0.29) is 12.6 Å². The lowest BCUT2D eigenvalue weighted by molar-refractivity contribution is 0.104. The van der Waals surface area contributed by atoms with Crippen molar-refractivity contribution in [3.63, 3.8) is 0 Å². The Kier molecular flexibility index (Phi) is 5.78. The molecule has 0 heterocycles. The fraction of sp³-hybridized carbons (Fsp3) is 0.222. The van der Waals surface area contributed by atoms with Gasteiger partial charge in [0.05, 0.1) is 6.61 Å². The maximum Gasteiger partial charge on any atom is 0.513 e. The lowest BCUT2D eigenvalue weighted by Crippen LogP contribution is -2.20. The summed E-state index contributed by atoms with van der Waals surface area (Å²) in [6.45, 7) is 5.88. The molecule has 126 valence electrons. The number of carbonyl (C=O) groups is 2. The average molecular weight is 328 g/mol. The van der Waals surface area contributed by atoms with Crippen molar-refractivity contribution in [1.82, 2.24) is 0 Å². The molecule has 0 saturated carbocycles. The normalized spacial score (nSPS) is 9.96. The summed E-state index contributed by atoms with van der Waals surface area (Å²) in [4.78, 5) is 23.3. The molecule has 0 saturated heterocycles. The first-order valence-electron chi connectivity index (χ1n) is 7.58. The quantitative estimate of drug-likeness (QED) is 0.641. The van der Waals surface area contributed by atoms with Gasteiger partial charge in [0.2, 0.25) is 0 Å². The molecule has 2 N–H and O–H groups in total. The Balaban J connectivity index is 1.94. The Hall–Kier alpha value is -3.02. The predicted octanol–water partition coefficient (Wildman–Crippen LogP) is 4.48. The summed E-state index contributed by atoms with van der Waals surface area (Å²) in [5.41, 5.74) is 3.46. The molecule has 2 aromatic rings. The van der Waals surface area contributed by atoms with Gasteiger partial charge < -0.3 is 20.1 Å². The zero-order chi connectivity index (χ0) is 17.5. The van der Waals surface area contributed by atoms with Crippen LogP contribution in [0.3, 0.4) is 0 Å². The Morgan fingerprint density at radius 2 is 1.71 bits per heavy atom. The van der Waals surface area contributed by atoms with E-state index in [1.807, 2.05) is 32.0 Å². The highest BCUT2D eigenvalue weighted by atomic mass is 16.7. The van der Waals surface area contributed by atoms with Gasteiger partial charge in [-0.3, -0.25) is 0 Å². The van der Waals surface area contributed by atoms with Crippen molar-refractivity contribution in [3.05, 3.63) is 53.6 Å². The van der Waals surface area contributed by atoms with E-state index < -0.39 is 6.16 Å². The Morgan fingerprint density at radius 1 is 1.00 bits per heavy atom. The Labute approximate surface area is 140 Å². The summed E-state index contributed by atoms with van der Waals surface area (Å²) in [5, 5.41) is 5.53. The number of anilines is 2. The summed E-state index contributed by atoms with van der Waals surface area (Å²) in [7, 11) is 0. The van der Waals surface area contributed by atoms with E-state index in [2.05, 4.69) is 15.4 Å². The Bertz CT molecular complexity index is 726. The minimum Gasteiger partial charge on any atom is -0.434 e. The van der Waals surface area contributed by atoms with E-state index in [9.17, 15) is 9.59 Å². The predicted molar refractivity (Wildman–Crippen MR) is 92.6 cm³/mol. The van der Waals surface area contributed by atoms with Gasteiger partial charge in [-0.2, -0.15) is 0 Å². The van der Waals surface area contributed by atoms with Crippen LogP contribution in [-0.4, -0.2) is 18.8 Å². The van der Waals surface area contributed by atoms with Crippen molar-refractivity contribution < 1.29 is 19.1 Å². The van der Waals surface area contributed by atoms with Crippen LogP contribution in [0.25, 0.3) is 0 Å². The second kappa shape index (κ2) is 8.01. The lowest BCUT2D eigenvalue weighted by atomic mass is 10.1. The number of benzene rings is 2. The molecule has 0 aliphatic rings. The highest BCUT2D eigenvalue weighted by Gasteiger charge is 2.08. The summed E-state index contributed by atoms with van der Waals surface area (Å²) in [5.74, 6) is 0.342. The molecule has 0 aliphatic heterocycles. The molecule has 24 heavy (non-hydrogen) atoms. The van der Waals surface area contributed by atoms with Gasteiger partial charge in [-0.1, -0.05) is 12.1 Å². The second-order valence-corrected chi connectivity index (χ2v) is 5.14. The second-order valence-electron chi connectivity index (χ2n) is 5.14. The first-order chi connectivity index (χ1) is 11.5. The number of urea groups is 1. The van der Waals surface area contributed by atoms with Crippen LogP contribution in [0.5, 0.6) is 5.75 Å². The number of nitrogens with one attached hydrogen (secondary N) is 2. The van der Waals surface area contributed by atoms with Crippen LogP contribution in [0.15, 0.2) is 42.5 Å². The summed E-state index contributed by atoms with van der Waals surface area (Å²) in [6, 6.07) is 11.8. The number of hydrogen-bond donors (Lipinski definition) is 2. The molecule has 0 aliphatic carbocycles. The van der Waals surface area contributed by atoms with Crippen LogP contribution in [0.1, 0.15) is 18.1 Å². The third-order valence-corrected chi connectivity index (χ3v) is 3.43. The molecule has 6 heteroatoms. The number of ether oxygens (including phenoxy) is 2. The van der Waals surface area contributed by atoms with E-state index in [4.69, 9.17) is 4.74 Å². The molecule has 0 fully saturated rings. The monoisotopic (exact) mass is 328 g/mol. The number of hydrogen-bond acceptors (Lipinski definition) is 4. The molecule has 0 bridgehead atoms. The van der Waals surface area contributed by atoms with Gasteiger partial charge in [0.1, 0.15) is 5.75 Å². The topological polar surface area (TPSA) is 76.7 Å². The van der Waals surface area contributed by atoms with Gasteiger partial charge in [0.15, 0.2) is 0 Å². The van der Waals surface area contributed by atoms with E-state index in [1.165, 1.54) is 0 Å². The van der Waals surface area contributed by atoms with E-state index in [0.717, 1.165) is 16.8 Å². The van der Waals surface area contributed by atoms with Gasteiger partial charge in [-0.25, -0.2) is 9.59 Å². The van der Waals surface area contributed by atoms with Crippen molar-refractivity contribution in [1.29, 1.82) is 0 Å². The average Bonchev–Trinajstić information content (AvgIpc) is 2.54. The van der Waals surface area contributed by atoms with Crippen LogP contribution in [0.2, 0.25) is 0 Å². The first kappa shape index (κ1) is 17.3. The molecule has 0 radical (unpaired) electrons. The molecular formula is C18H20N2O4. The number of aryl methyl sites for hydroxylation is 1.